The first-order chi connectivity index (χ1) is 7.22. The van der Waals surface area contributed by atoms with Gasteiger partial charge >= 0.3 is 0 Å². The van der Waals surface area contributed by atoms with Gasteiger partial charge in [-0.1, -0.05) is 19.1 Å². The topological polar surface area (TPSA) is 40.5 Å². The second-order valence-electron chi connectivity index (χ2n) is 4.00. The van der Waals surface area contributed by atoms with Crippen molar-refractivity contribution in [2.24, 2.45) is 5.92 Å². The van der Waals surface area contributed by atoms with Crippen molar-refractivity contribution < 1.29 is 9.90 Å². The van der Waals surface area contributed by atoms with E-state index in [1.165, 1.54) is 0 Å². The van der Waals surface area contributed by atoms with Crippen LogP contribution in [-0.4, -0.2) is 29.0 Å². The Morgan fingerprint density at radius 1 is 1.47 bits per heavy atom. The van der Waals surface area contributed by atoms with E-state index in [1.807, 2.05) is 0 Å². The lowest BCUT2D eigenvalue weighted by Crippen LogP contribution is -2.49. The highest BCUT2D eigenvalue weighted by atomic mass is 16.3. The number of phenolic OH excluding ortho intramolecular Hbond substituents is 1. The minimum Gasteiger partial charge on any atom is -0.507 e. The summed E-state index contributed by atoms with van der Waals surface area (Å²) in [5.74, 6) is 0.653. The van der Waals surface area contributed by atoms with Crippen LogP contribution in [-0.2, 0) is 0 Å². The molecule has 80 valence electrons. The Morgan fingerprint density at radius 3 is 2.73 bits per heavy atom. The highest BCUT2D eigenvalue weighted by Gasteiger charge is 2.30. The van der Waals surface area contributed by atoms with E-state index < -0.39 is 0 Å². The maximum atomic E-state index is 11.9. The molecule has 15 heavy (non-hydrogen) atoms. The summed E-state index contributed by atoms with van der Waals surface area (Å²) in [6.45, 7) is 3.78. The zero-order valence-electron chi connectivity index (χ0n) is 8.81. The standard InChI is InChI=1S/C12H15NO2/c1-2-9-7-13(8-9)12(15)10-5-3-4-6-11(10)14/h3-6,9,14H,2,7-8H2,1H3. The lowest BCUT2D eigenvalue weighted by atomic mass is 9.96. The van der Waals surface area contributed by atoms with Gasteiger partial charge < -0.3 is 10.0 Å². The van der Waals surface area contributed by atoms with Crippen LogP contribution in [0.1, 0.15) is 23.7 Å². The maximum absolute atomic E-state index is 11.9. The number of aromatic hydroxyl groups is 1. The number of nitrogens with zero attached hydrogens (tertiary/aromatic N) is 1. The average Bonchev–Trinajstić information content (AvgIpc) is 2.16. The van der Waals surface area contributed by atoms with Crippen LogP contribution in [0.5, 0.6) is 5.75 Å². The fourth-order valence-corrected chi connectivity index (χ4v) is 1.82. The molecule has 0 atom stereocenters. The van der Waals surface area contributed by atoms with Gasteiger partial charge in [-0.25, -0.2) is 0 Å². The normalized spacial score (nSPS) is 16.2. The number of likely N-dealkylation sites (tertiary alicyclic amines) is 1. The number of rotatable bonds is 2. The summed E-state index contributed by atoms with van der Waals surface area (Å²) in [7, 11) is 0. The maximum Gasteiger partial charge on any atom is 0.257 e. The molecule has 2 rings (SSSR count). The Labute approximate surface area is 89.3 Å². The molecule has 0 spiro atoms. The van der Waals surface area contributed by atoms with Gasteiger partial charge in [0.2, 0.25) is 0 Å². The van der Waals surface area contributed by atoms with Gasteiger partial charge in [0.15, 0.2) is 0 Å². The van der Waals surface area contributed by atoms with E-state index >= 15 is 0 Å². The number of hydrogen-bond acceptors (Lipinski definition) is 2. The van der Waals surface area contributed by atoms with Gasteiger partial charge in [0.25, 0.3) is 5.91 Å². The van der Waals surface area contributed by atoms with Crippen molar-refractivity contribution in [3.05, 3.63) is 29.8 Å². The molecule has 1 aliphatic rings. The largest absolute Gasteiger partial charge is 0.507 e. The highest BCUT2D eigenvalue weighted by molar-refractivity contribution is 5.97. The SMILES string of the molecule is CCC1CN(C(=O)c2ccccc2O)C1. The van der Waals surface area contributed by atoms with Crippen molar-refractivity contribution in [3.8, 4) is 5.75 Å². The lowest BCUT2D eigenvalue weighted by molar-refractivity contribution is 0.0491. The van der Waals surface area contributed by atoms with E-state index in [4.69, 9.17) is 0 Å². The van der Waals surface area contributed by atoms with Gasteiger partial charge in [0, 0.05) is 13.1 Å². The molecule has 1 N–H and O–H groups in total. The van der Waals surface area contributed by atoms with Gasteiger partial charge in [-0.2, -0.15) is 0 Å². The summed E-state index contributed by atoms with van der Waals surface area (Å²) in [5.41, 5.74) is 0.409. The molecule has 0 radical (unpaired) electrons. The molecule has 1 aromatic carbocycles. The smallest absolute Gasteiger partial charge is 0.257 e. The molecule has 0 saturated carbocycles. The average molecular weight is 205 g/mol. The van der Waals surface area contributed by atoms with E-state index in [1.54, 1.807) is 29.2 Å². The number of para-hydroxylation sites is 1. The van der Waals surface area contributed by atoms with E-state index in [-0.39, 0.29) is 11.7 Å². The van der Waals surface area contributed by atoms with Gasteiger partial charge in [0.05, 0.1) is 5.56 Å². The Kier molecular flexibility index (Phi) is 2.62. The molecule has 0 aromatic heterocycles. The third-order valence-electron chi connectivity index (χ3n) is 2.96. The fraction of sp³-hybridized carbons (Fsp3) is 0.417. The number of benzene rings is 1. The number of carbonyl (C=O) groups is 1. The number of carbonyl (C=O) groups excluding carboxylic acids is 1. The fourth-order valence-electron chi connectivity index (χ4n) is 1.82. The monoisotopic (exact) mass is 205 g/mol. The number of phenols is 1. The molecule has 3 heteroatoms. The Morgan fingerprint density at radius 2 is 2.13 bits per heavy atom. The predicted octanol–water partition coefficient (Wildman–Crippen LogP) is 1.87. The first-order valence-corrected chi connectivity index (χ1v) is 5.29. The molecule has 0 aliphatic carbocycles. The summed E-state index contributed by atoms with van der Waals surface area (Å²) >= 11 is 0. The summed E-state index contributed by atoms with van der Waals surface area (Å²) in [5, 5.41) is 9.53. The van der Waals surface area contributed by atoms with Crippen molar-refractivity contribution in [2.75, 3.05) is 13.1 Å². The van der Waals surface area contributed by atoms with E-state index in [0.717, 1.165) is 19.5 Å². The molecule has 0 bridgehead atoms. The minimum absolute atomic E-state index is 0.0576. The van der Waals surface area contributed by atoms with Gasteiger partial charge in [-0.3, -0.25) is 4.79 Å². The van der Waals surface area contributed by atoms with Crippen LogP contribution < -0.4 is 0 Å². The van der Waals surface area contributed by atoms with E-state index in [0.29, 0.717) is 11.5 Å². The third-order valence-corrected chi connectivity index (χ3v) is 2.96. The first-order valence-electron chi connectivity index (χ1n) is 5.29. The third kappa shape index (κ3) is 1.82. The summed E-state index contributed by atoms with van der Waals surface area (Å²) in [4.78, 5) is 13.7. The second kappa shape index (κ2) is 3.93. The molecule has 1 amide bonds. The van der Waals surface area contributed by atoms with Gasteiger partial charge in [-0.05, 0) is 24.5 Å². The van der Waals surface area contributed by atoms with Crippen LogP contribution in [0.25, 0.3) is 0 Å². The summed E-state index contributed by atoms with van der Waals surface area (Å²) in [6.07, 6.45) is 1.12. The van der Waals surface area contributed by atoms with Crippen LogP contribution in [0, 0.1) is 5.92 Å². The quantitative estimate of drug-likeness (QED) is 0.800. The van der Waals surface area contributed by atoms with Crippen LogP contribution in [0.4, 0.5) is 0 Å². The van der Waals surface area contributed by atoms with Crippen LogP contribution in [0.15, 0.2) is 24.3 Å². The van der Waals surface area contributed by atoms with Gasteiger partial charge in [0.1, 0.15) is 5.75 Å². The zero-order valence-corrected chi connectivity index (χ0v) is 8.81. The molecule has 1 aliphatic heterocycles. The van der Waals surface area contributed by atoms with E-state index in [2.05, 4.69) is 6.92 Å². The van der Waals surface area contributed by atoms with Crippen LogP contribution in [0.2, 0.25) is 0 Å². The van der Waals surface area contributed by atoms with Crippen molar-refractivity contribution in [3.63, 3.8) is 0 Å². The van der Waals surface area contributed by atoms with Crippen LogP contribution >= 0.6 is 0 Å². The number of hydrogen-bond donors (Lipinski definition) is 1. The van der Waals surface area contributed by atoms with E-state index in [9.17, 15) is 9.90 Å². The van der Waals surface area contributed by atoms with Crippen molar-refractivity contribution in [2.45, 2.75) is 13.3 Å². The molecular formula is C12H15NO2. The predicted molar refractivity (Wildman–Crippen MR) is 57.8 cm³/mol. The second-order valence-corrected chi connectivity index (χ2v) is 4.00. The highest BCUT2D eigenvalue weighted by Crippen LogP contribution is 2.24. The molecule has 1 fully saturated rings. The first kappa shape index (κ1) is 10.0. The van der Waals surface area contributed by atoms with Crippen molar-refractivity contribution in [1.29, 1.82) is 0 Å². The molecule has 1 aromatic rings. The van der Waals surface area contributed by atoms with Crippen LogP contribution in [0.3, 0.4) is 0 Å². The Hall–Kier alpha value is -1.51. The lowest BCUT2D eigenvalue weighted by Gasteiger charge is -2.38. The summed E-state index contributed by atoms with van der Waals surface area (Å²) < 4.78 is 0. The Balaban J connectivity index is 2.07. The zero-order chi connectivity index (χ0) is 10.8. The minimum atomic E-state index is -0.0576. The van der Waals surface area contributed by atoms with Crippen molar-refractivity contribution >= 4 is 5.91 Å². The Bertz CT molecular complexity index is 370. The molecule has 3 nitrogen and oxygen atoms in total. The molecular weight excluding hydrogens is 190 g/mol. The number of amides is 1. The van der Waals surface area contributed by atoms with Gasteiger partial charge in [-0.15, -0.1) is 0 Å². The molecule has 0 unspecified atom stereocenters. The molecule has 1 saturated heterocycles. The summed E-state index contributed by atoms with van der Waals surface area (Å²) in [6, 6.07) is 6.70. The van der Waals surface area contributed by atoms with Crippen molar-refractivity contribution in [1.82, 2.24) is 4.90 Å². The molecule has 1 heterocycles.